The lowest BCUT2D eigenvalue weighted by Crippen LogP contribution is -2.00. The summed E-state index contributed by atoms with van der Waals surface area (Å²) in [6, 6.07) is 18.7. The fourth-order valence-electron chi connectivity index (χ4n) is 3.10. The van der Waals surface area contributed by atoms with Gasteiger partial charge in [0.2, 0.25) is 5.76 Å². The van der Waals surface area contributed by atoms with Crippen molar-refractivity contribution in [1.29, 1.82) is 0 Å². The van der Waals surface area contributed by atoms with E-state index in [1.807, 2.05) is 47.0 Å². The van der Waals surface area contributed by atoms with E-state index in [4.69, 9.17) is 18.6 Å². The zero-order valence-electron chi connectivity index (χ0n) is 17.8. The molecular weight excluding hydrogens is 430 g/mol. The van der Waals surface area contributed by atoms with Crippen LogP contribution >= 0.6 is 11.8 Å². The van der Waals surface area contributed by atoms with E-state index < -0.39 is 5.97 Å². The van der Waals surface area contributed by atoms with Crippen molar-refractivity contribution in [2.45, 2.75) is 10.9 Å². The normalized spacial score (nSPS) is 10.7. The van der Waals surface area contributed by atoms with Crippen molar-refractivity contribution >= 4 is 17.7 Å². The molecule has 2 aromatic carbocycles. The van der Waals surface area contributed by atoms with E-state index in [0.717, 1.165) is 11.3 Å². The quantitative estimate of drug-likeness (QED) is 0.283. The van der Waals surface area contributed by atoms with Crippen molar-refractivity contribution in [1.82, 2.24) is 14.8 Å². The van der Waals surface area contributed by atoms with Crippen molar-refractivity contribution in [2.24, 2.45) is 0 Å². The van der Waals surface area contributed by atoms with Crippen LogP contribution in [0.3, 0.4) is 0 Å². The van der Waals surface area contributed by atoms with Gasteiger partial charge in [0.1, 0.15) is 17.3 Å². The van der Waals surface area contributed by atoms with Gasteiger partial charge in [-0.15, -0.1) is 10.2 Å². The van der Waals surface area contributed by atoms with Crippen LogP contribution in [0.5, 0.6) is 11.5 Å². The minimum atomic E-state index is -0.511. The number of methoxy groups -OCH3 is 3. The number of hydrogen-bond acceptors (Lipinski definition) is 8. The van der Waals surface area contributed by atoms with Crippen LogP contribution in [0.1, 0.15) is 16.3 Å². The molecular formula is C23H21N3O5S. The Morgan fingerprint density at radius 1 is 0.969 bits per heavy atom. The van der Waals surface area contributed by atoms with Crippen LogP contribution < -0.4 is 9.47 Å². The smallest absolute Gasteiger partial charge is 0.373 e. The highest BCUT2D eigenvalue weighted by molar-refractivity contribution is 7.98. The summed E-state index contributed by atoms with van der Waals surface area (Å²) >= 11 is 1.44. The molecule has 0 atom stereocenters. The number of para-hydroxylation sites is 1. The van der Waals surface area contributed by atoms with E-state index in [9.17, 15) is 4.79 Å². The summed E-state index contributed by atoms with van der Waals surface area (Å²) in [6.45, 7) is 0. The van der Waals surface area contributed by atoms with Gasteiger partial charge in [0, 0.05) is 17.3 Å². The number of aromatic nitrogens is 3. The van der Waals surface area contributed by atoms with Gasteiger partial charge in [0.25, 0.3) is 0 Å². The summed E-state index contributed by atoms with van der Waals surface area (Å²) in [7, 11) is 4.53. The molecule has 0 N–H and O–H groups in total. The second kappa shape index (κ2) is 9.61. The van der Waals surface area contributed by atoms with Crippen LogP contribution in [0.25, 0.3) is 17.1 Å². The van der Waals surface area contributed by atoms with E-state index in [0.29, 0.717) is 34.0 Å². The molecule has 8 nitrogen and oxygen atoms in total. The number of benzene rings is 2. The van der Waals surface area contributed by atoms with Crippen LogP contribution in [0.2, 0.25) is 0 Å². The van der Waals surface area contributed by atoms with E-state index in [2.05, 4.69) is 10.2 Å². The van der Waals surface area contributed by atoms with Gasteiger partial charge in [-0.05, 0) is 36.4 Å². The molecule has 0 unspecified atom stereocenters. The van der Waals surface area contributed by atoms with Crippen molar-refractivity contribution in [3.63, 3.8) is 0 Å². The monoisotopic (exact) mass is 451 g/mol. The van der Waals surface area contributed by atoms with E-state index in [1.54, 1.807) is 32.4 Å². The number of hydrogen-bond donors (Lipinski definition) is 0. The Balaban J connectivity index is 1.71. The molecule has 0 spiro atoms. The first-order chi connectivity index (χ1) is 15.6. The Hall–Kier alpha value is -3.72. The Morgan fingerprint density at radius 3 is 2.34 bits per heavy atom. The van der Waals surface area contributed by atoms with Gasteiger partial charge >= 0.3 is 5.97 Å². The van der Waals surface area contributed by atoms with Gasteiger partial charge in [-0.2, -0.15) is 0 Å². The first-order valence-corrected chi connectivity index (χ1v) is 10.7. The maximum atomic E-state index is 11.6. The average molecular weight is 452 g/mol. The van der Waals surface area contributed by atoms with Gasteiger partial charge in [-0.1, -0.05) is 30.0 Å². The van der Waals surface area contributed by atoms with Gasteiger partial charge < -0.3 is 18.6 Å². The zero-order chi connectivity index (χ0) is 22.5. The molecule has 0 aliphatic rings. The maximum Gasteiger partial charge on any atom is 0.373 e. The Bertz CT molecular complexity index is 1200. The number of nitrogens with zero attached hydrogens (tertiary/aromatic N) is 3. The highest BCUT2D eigenvalue weighted by Crippen LogP contribution is 2.33. The van der Waals surface area contributed by atoms with E-state index in [1.165, 1.54) is 18.9 Å². The summed E-state index contributed by atoms with van der Waals surface area (Å²) < 4.78 is 23.1. The van der Waals surface area contributed by atoms with Gasteiger partial charge in [-0.3, -0.25) is 4.57 Å². The van der Waals surface area contributed by atoms with Crippen LogP contribution in [0.15, 0.2) is 70.2 Å². The topological polar surface area (TPSA) is 88.6 Å². The fraction of sp³-hybridized carbons (Fsp3) is 0.174. The Kier molecular flexibility index (Phi) is 6.46. The predicted octanol–water partition coefficient (Wildman–Crippen LogP) is 4.62. The molecule has 2 heterocycles. The summed E-state index contributed by atoms with van der Waals surface area (Å²) in [4.78, 5) is 11.6. The van der Waals surface area contributed by atoms with Crippen molar-refractivity contribution in [3.8, 4) is 28.6 Å². The third kappa shape index (κ3) is 4.47. The molecule has 0 aliphatic carbocycles. The van der Waals surface area contributed by atoms with Gasteiger partial charge in [0.15, 0.2) is 11.0 Å². The number of ether oxygens (including phenoxy) is 3. The molecule has 9 heteroatoms. The minimum absolute atomic E-state index is 0.164. The standard InChI is InChI=1S/C23H21N3O5S/c1-28-18-11-15(12-19(13-18)29-2)21-24-25-23(26(21)16-7-5-4-6-8-16)32-14-17-9-10-20(31-17)22(27)30-3/h4-13H,14H2,1-3H3. The van der Waals surface area contributed by atoms with E-state index >= 15 is 0 Å². The number of carbonyl (C=O) groups excluding carboxylic acids is 1. The first-order valence-electron chi connectivity index (χ1n) is 9.67. The molecule has 32 heavy (non-hydrogen) atoms. The maximum absolute atomic E-state index is 11.6. The molecule has 0 amide bonds. The lowest BCUT2D eigenvalue weighted by molar-refractivity contribution is 0.0563. The molecule has 0 bridgehead atoms. The predicted molar refractivity (Wildman–Crippen MR) is 120 cm³/mol. The van der Waals surface area contributed by atoms with Gasteiger partial charge in [-0.25, -0.2) is 4.79 Å². The number of rotatable bonds is 8. The molecule has 0 saturated carbocycles. The Morgan fingerprint density at radius 2 is 1.69 bits per heavy atom. The number of carbonyl (C=O) groups is 1. The fourth-order valence-corrected chi connectivity index (χ4v) is 3.94. The van der Waals surface area contributed by atoms with Crippen LogP contribution in [0.4, 0.5) is 0 Å². The number of esters is 1. The summed E-state index contributed by atoms with van der Waals surface area (Å²) in [5, 5.41) is 9.53. The molecule has 0 radical (unpaired) electrons. The molecule has 0 aliphatic heterocycles. The molecule has 2 aromatic heterocycles. The third-order valence-corrected chi connectivity index (χ3v) is 5.60. The van der Waals surface area contributed by atoms with Crippen LogP contribution in [-0.2, 0) is 10.5 Å². The molecule has 0 fully saturated rings. The zero-order valence-corrected chi connectivity index (χ0v) is 18.6. The van der Waals surface area contributed by atoms with Crippen LogP contribution in [-0.4, -0.2) is 42.1 Å². The van der Waals surface area contributed by atoms with E-state index in [-0.39, 0.29) is 5.76 Å². The molecule has 4 aromatic rings. The second-order valence-electron chi connectivity index (χ2n) is 6.62. The first kappa shape index (κ1) is 21.5. The largest absolute Gasteiger partial charge is 0.497 e. The van der Waals surface area contributed by atoms with Gasteiger partial charge in [0.05, 0.1) is 27.1 Å². The van der Waals surface area contributed by atoms with Crippen molar-refractivity contribution < 1.29 is 23.4 Å². The highest BCUT2D eigenvalue weighted by Gasteiger charge is 2.19. The average Bonchev–Trinajstić information content (AvgIpc) is 3.49. The SMILES string of the molecule is COC(=O)c1ccc(CSc2nnc(-c3cc(OC)cc(OC)c3)n2-c2ccccc2)o1. The lowest BCUT2D eigenvalue weighted by Gasteiger charge is -2.12. The highest BCUT2D eigenvalue weighted by atomic mass is 32.2. The molecule has 4 rings (SSSR count). The summed E-state index contributed by atoms with van der Waals surface area (Å²) in [5.74, 6) is 2.70. The second-order valence-corrected chi connectivity index (χ2v) is 7.57. The molecule has 164 valence electrons. The van der Waals surface area contributed by atoms with Crippen molar-refractivity contribution in [2.75, 3.05) is 21.3 Å². The molecule has 0 saturated heterocycles. The van der Waals surface area contributed by atoms with Crippen molar-refractivity contribution in [3.05, 3.63) is 72.2 Å². The minimum Gasteiger partial charge on any atom is -0.497 e. The summed E-state index contributed by atoms with van der Waals surface area (Å²) in [6.07, 6.45) is 0. The number of thioether (sulfide) groups is 1. The summed E-state index contributed by atoms with van der Waals surface area (Å²) in [5.41, 5.74) is 1.71. The Labute approximate surface area is 189 Å². The van der Waals surface area contributed by atoms with Crippen LogP contribution in [0, 0.1) is 0 Å². The lowest BCUT2D eigenvalue weighted by atomic mass is 10.2. The number of furan rings is 1. The third-order valence-electron chi connectivity index (χ3n) is 4.65.